The topological polar surface area (TPSA) is 105 Å². The second-order valence-corrected chi connectivity index (χ2v) is 9.77. The molecule has 1 atom stereocenters. The summed E-state index contributed by atoms with van der Waals surface area (Å²) in [6.07, 6.45) is 0.863. The second-order valence-electron chi connectivity index (χ2n) is 7.55. The van der Waals surface area contributed by atoms with E-state index in [4.69, 9.17) is 9.47 Å². The number of benzene rings is 1. The smallest absolute Gasteiger partial charge is 0.342 e. The Morgan fingerprint density at radius 1 is 1.24 bits per heavy atom. The van der Waals surface area contributed by atoms with Crippen LogP contribution in [0.2, 0.25) is 0 Å². The Bertz CT molecular complexity index is 907. The fourth-order valence-corrected chi connectivity index (χ4v) is 5.34. The van der Waals surface area contributed by atoms with Crippen LogP contribution in [-0.4, -0.2) is 80.2 Å². The molecular formula is C19H25N3O6S. The molecule has 2 fully saturated rings. The lowest BCUT2D eigenvalue weighted by molar-refractivity contribution is -0.122. The van der Waals surface area contributed by atoms with Crippen LogP contribution in [0.15, 0.2) is 18.2 Å². The molecule has 1 aliphatic carbocycles. The number of esters is 1. The first-order valence-corrected chi connectivity index (χ1v) is 11.4. The summed E-state index contributed by atoms with van der Waals surface area (Å²) in [5, 5.41) is 2.53. The Kier molecular flexibility index (Phi) is 5.50. The van der Waals surface area contributed by atoms with Gasteiger partial charge in [-0.25, -0.2) is 13.2 Å². The molecular weight excluding hydrogens is 398 g/mol. The molecule has 1 amide bonds. The molecule has 9 nitrogen and oxygen atoms in total. The van der Waals surface area contributed by atoms with Crippen LogP contribution in [0.4, 0.5) is 5.69 Å². The zero-order chi connectivity index (χ0) is 20.6. The number of nitrogens with zero attached hydrogens (tertiary/aromatic N) is 2. The SMILES string of the molecule is CC1Oc2c(cccc2C(=O)OCCN2CCN(S(=O)(=O)C3CC3)CC2)NC1=O. The van der Waals surface area contributed by atoms with Crippen molar-refractivity contribution in [1.29, 1.82) is 0 Å². The first-order valence-electron chi connectivity index (χ1n) is 9.85. The number of fused-ring (bicyclic) bond motifs is 1. The van der Waals surface area contributed by atoms with Crippen molar-refractivity contribution in [3.05, 3.63) is 23.8 Å². The normalized spacial score (nSPS) is 23.1. The fraction of sp³-hybridized carbons (Fsp3) is 0.579. The van der Waals surface area contributed by atoms with E-state index in [1.165, 1.54) is 0 Å². The largest absolute Gasteiger partial charge is 0.478 e. The van der Waals surface area contributed by atoms with Gasteiger partial charge in [0.25, 0.3) is 5.91 Å². The van der Waals surface area contributed by atoms with E-state index in [1.807, 2.05) is 0 Å². The van der Waals surface area contributed by atoms with E-state index < -0.39 is 22.1 Å². The molecule has 2 aliphatic heterocycles. The van der Waals surface area contributed by atoms with Gasteiger partial charge in [-0.05, 0) is 31.9 Å². The lowest BCUT2D eigenvalue weighted by atomic mass is 10.1. The molecule has 29 heavy (non-hydrogen) atoms. The van der Waals surface area contributed by atoms with Crippen LogP contribution in [0.1, 0.15) is 30.1 Å². The molecule has 1 saturated carbocycles. The highest BCUT2D eigenvalue weighted by atomic mass is 32.2. The number of carbonyl (C=O) groups excluding carboxylic acids is 2. The van der Waals surface area contributed by atoms with Crippen LogP contribution in [0, 0.1) is 0 Å². The summed E-state index contributed by atoms with van der Waals surface area (Å²) in [4.78, 5) is 26.3. The van der Waals surface area contributed by atoms with Crippen LogP contribution in [0.3, 0.4) is 0 Å². The van der Waals surface area contributed by atoms with Crippen molar-refractivity contribution in [3.63, 3.8) is 0 Å². The van der Waals surface area contributed by atoms with E-state index >= 15 is 0 Å². The first-order chi connectivity index (χ1) is 13.9. The Labute approximate surface area is 170 Å². The number of ether oxygens (including phenoxy) is 2. The van der Waals surface area contributed by atoms with E-state index in [0.717, 1.165) is 12.8 Å². The summed E-state index contributed by atoms with van der Waals surface area (Å²) in [5.74, 6) is -0.450. The minimum absolute atomic E-state index is 0.179. The summed E-state index contributed by atoms with van der Waals surface area (Å²) in [7, 11) is -3.12. The van der Waals surface area contributed by atoms with Gasteiger partial charge in [0.1, 0.15) is 12.2 Å². The molecule has 1 saturated heterocycles. The number of rotatable bonds is 6. The summed E-state index contributed by atoms with van der Waals surface area (Å²) >= 11 is 0. The van der Waals surface area contributed by atoms with Gasteiger partial charge < -0.3 is 14.8 Å². The average Bonchev–Trinajstić information content (AvgIpc) is 3.55. The third-order valence-corrected chi connectivity index (χ3v) is 7.83. The van der Waals surface area contributed by atoms with E-state index in [2.05, 4.69) is 10.2 Å². The molecule has 2 heterocycles. The number of amides is 1. The molecule has 0 aromatic heterocycles. The van der Waals surface area contributed by atoms with Crippen molar-refractivity contribution >= 4 is 27.6 Å². The molecule has 1 aromatic carbocycles. The average molecular weight is 423 g/mol. The Morgan fingerprint density at radius 3 is 2.66 bits per heavy atom. The third-order valence-electron chi connectivity index (χ3n) is 5.43. The van der Waals surface area contributed by atoms with Crippen LogP contribution in [0.25, 0.3) is 0 Å². The van der Waals surface area contributed by atoms with Gasteiger partial charge in [-0.15, -0.1) is 0 Å². The van der Waals surface area contributed by atoms with Gasteiger partial charge in [-0.2, -0.15) is 4.31 Å². The highest BCUT2D eigenvalue weighted by Gasteiger charge is 2.40. The van der Waals surface area contributed by atoms with Gasteiger partial charge in [0.05, 0.1) is 10.9 Å². The summed E-state index contributed by atoms with van der Waals surface area (Å²) < 4.78 is 37.1. The summed E-state index contributed by atoms with van der Waals surface area (Å²) in [5.41, 5.74) is 0.727. The number of anilines is 1. The van der Waals surface area contributed by atoms with Gasteiger partial charge >= 0.3 is 5.97 Å². The van der Waals surface area contributed by atoms with Gasteiger partial charge in [-0.1, -0.05) is 6.07 Å². The zero-order valence-electron chi connectivity index (χ0n) is 16.3. The fourth-order valence-electron chi connectivity index (χ4n) is 3.52. The molecule has 0 spiro atoms. The van der Waals surface area contributed by atoms with E-state index in [0.29, 0.717) is 44.2 Å². The van der Waals surface area contributed by atoms with E-state index in [1.54, 1.807) is 29.4 Å². The van der Waals surface area contributed by atoms with Gasteiger partial charge in [-0.3, -0.25) is 9.69 Å². The first kappa shape index (κ1) is 20.1. The summed E-state index contributed by atoms with van der Waals surface area (Å²) in [6.45, 7) is 4.54. The third kappa shape index (κ3) is 4.24. The molecule has 1 unspecified atom stereocenters. The predicted octanol–water partition coefficient (Wildman–Crippen LogP) is 0.673. The van der Waals surface area contributed by atoms with Crippen LogP contribution < -0.4 is 10.1 Å². The maximum atomic E-state index is 12.5. The van der Waals surface area contributed by atoms with Crippen molar-refractivity contribution in [2.24, 2.45) is 0 Å². The van der Waals surface area contributed by atoms with Crippen molar-refractivity contribution < 1.29 is 27.5 Å². The highest BCUT2D eigenvalue weighted by molar-refractivity contribution is 7.90. The molecule has 0 bridgehead atoms. The Morgan fingerprint density at radius 2 is 1.97 bits per heavy atom. The Balaban J connectivity index is 1.27. The minimum atomic E-state index is -3.12. The lowest BCUT2D eigenvalue weighted by Crippen LogP contribution is -2.50. The van der Waals surface area contributed by atoms with Crippen LogP contribution in [-0.2, 0) is 19.6 Å². The number of sulfonamides is 1. The number of piperazine rings is 1. The molecule has 4 rings (SSSR count). The number of para-hydroxylation sites is 1. The highest BCUT2D eigenvalue weighted by Crippen LogP contribution is 2.34. The standard InChI is InChI=1S/C19H25N3O6S/c1-13-18(23)20-16-4-2-3-15(17(16)28-13)19(24)27-12-11-21-7-9-22(10-8-21)29(25,26)14-5-6-14/h2-4,13-14H,5-12H2,1H3,(H,20,23). The molecule has 1 N–H and O–H groups in total. The van der Waals surface area contributed by atoms with Crippen LogP contribution >= 0.6 is 0 Å². The van der Waals surface area contributed by atoms with Crippen molar-refractivity contribution in [1.82, 2.24) is 9.21 Å². The minimum Gasteiger partial charge on any atom is -0.478 e. The monoisotopic (exact) mass is 423 g/mol. The van der Waals surface area contributed by atoms with Gasteiger partial charge in [0, 0.05) is 32.7 Å². The van der Waals surface area contributed by atoms with Gasteiger partial charge in [0.15, 0.2) is 11.9 Å². The number of hydrogen-bond donors (Lipinski definition) is 1. The molecule has 3 aliphatic rings. The van der Waals surface area contributed by atoms with Crippen molar-refractivity contribution in [2.75, 3.05) is 44.6 Å². The van der Waals surface area contributed by atoms with E-state index in [9.17, 15) is 18.0 Å². The molecule has 158 valence electrons. The molecule has 10 heteroatoms. The lowest BCUT2D eigenvalue weighted by Gasteiger charge is -2.33. The van der Waals surface area contributed by atoms with Crippen molar-refractivity contribution in [3.8, 4) is 5.75 Å². The molecule has 0 radical (unpaired) electrons. The zero-order valence-corrected chi connectivity index (χ0v) is 17.1. The maximum absolute atomic E-state index is 12.5. The summed E-state index contributed by atoms with van der Waals surface area (Å²) in [6, 6.07) is 4.94. The van der Waals surface area contributed by atoms with Crippen LogP contribution in [0.5, 0.6) is 5.75 Å². The predicted molar refractivity (Wildman–Crippen MR) is 105 cm³/mol. The Hall–Kier alpha value is -2.17. The number of hydrogen-bond acceptors (Lipinski definition) is 7. The number of carbonyl (C=O) groups is 2. The maximum Gasteiger partial charge on any atom is 0.342 e. The van der Waals surface area contributed by atoms with Gasteiger partial charge in [0.2, 0.25) is 10.0 Å². The van der Waals surface area contributed by atoms with E-state index in [-0.39, 0.29) is 23.3 Å². The quantitative estimate of drug-likeness (QED) is 0.671. The number of nitrogens with one attached hydrogen (secondary N) is 1. The molecule has 1 aromatic rings. The van der Waals surface area contributed by atoms with Crippen molar-refractivity contribution in [2.45, 2.75) is 31.1 Å². The second kappa shape index (κ2) is 7.92.